The van der Waals surface area contributed by atoms with Crippen molar-refractivity contribution in [3.63, 3.8) is 0 Å². The second-order valence-electron chi connectivity index (χ2n) is 16.0. The summed E-state index contributed by atoms with van der Waals surface area (Å²) >= 11 is 5.55. The number of nitrogens with zero attached hydrogens (tertiary/aromatic N) is 2. The lowest BCUT2D eigenvalue weighted by Gasteiger charge is -2.20. The molecule has 0 saturated heterocycles. The van der Waals surface area contributed by atoms with Crippen LogP contribution in [0.15, 0.2) is 206 Å². The number of hydrogen-bond acceptors (Lipinski definition) is 5. The Hall–Kier alpha value is -7.28. The molecule has 4 aromatic heterocycles. The quantitative estimate of drug-likeness (QED) is 0.167. The van der Waals surface area contributed by atoms with Crippen LogP contribution in [-0.4, -0.2) is 9.97 Å². The van der Waals surface area contributed by atoms with E-state index in [0.29, 0.717) is 5.82 Å². The van der Waals surface area contributed by atoms with Gasteiger partial charge in [0, 0.05) is 82.8 Å². The zero-order valence-electron chi connectivity index (χ0n) is 33.7. The Morgan fingerprint density at radius 1 is 0.254 bits per heavy atom. The highest BCUT2D eigenvalue weighted by atomic mass is 32.1. The van der Waals surface area contributed by atoms with Crippen LogP contribution in [0.1, 0.15) is 0 Å². The molecular weight excluding hydrogens is 821 g/mol. The van der Waals surface area contributed by atoms with E-state index in [-0.39, 0.29) is 0 Å². The summed E-state index contributed by atoms with van der Waals surface area (Å²) in [4.78, 5) is 11.1. The van der Waals surface area contributed by atoms with Crippen LogP contribution < -0.4 is 0 Å². The van der Waals surface area contributed by atoms with Crippen molar-refractivity contribution in [1.82, 2.24) is 9.97 Å². The second-order valence-corrected chi connectivity index (χ2v) is 19.3. The molecule has 4 heterocycles. The number of benzene rings is 9. The van der Waals surface area contributed by atoms with E-state index in [9.17, 15) is 0 Å². The fourth-order valence-electron chi connectivity index (χ4n) is 9.30. The molecule has 0 aliphatic rings. The Labute approximate surface area is 375 Å². The molecule has 63 heavy (non-hydrogen) atoms. The Morgan fingerprint density at radius 3 is 1.38 bits per heavy atom. The van der Waals surface area contributed by atoms with Gasteiger partial charge >= 0.3 is 0 Å². The van der Waals surface area contributed by atoms with Crippen LogP contribution in [0.3, 0.4) is 0 Å². The van der Waals surface area contributed by atoms with E-state index in [1.54, 1.807) is 0 Å². The van der Waals surface area contributed by atoms with Crippen molar-refractivity contribution in [2.45, 2.75) is 0 Å². The summed E-state index contributed by atoms with van der Waals surface area (Å²) in [5, 5.41) is 7.69. The van der Waals surface area contributed by atoms with Crippen LogP contribution in [-0.2, 0) is 0 Å². The molecule has 13 aromatic rings. The molecule has 0 amide bonds. The van der Waals surface area contributed by atoms with Crippen LogP contribution >= 0.6 is 34.0 Å². The maximum atomic E-state index is 5.65. The predicted octanol–water partition coefficient (Wildman–Crippen LogP) is 17.6. The first kappa shape index (κ1) is 36.4. The Morgan fingerprint density at radius 2 is 0.714 bits per heavy atom. The van der Waals surface area contributed by atoms with Gasteiger partial charge in [-0.2, -0.15) is 0 Å². The summed E-state index contributed by atoms with van der Waals surface area (Å²) in [5.74, 6) is 0.695. The normalized spacial score (nSPS) is 11.8. The summed E-state index contributed by atoms with van der Waals surface area (Å²) < 4.78 is 7.72. The number of hydrogen-bond donors (Lipinski definition) is 0. The van der Waals surface area contributed by atoms with E-state index in [1.807, 2.05) is 34.0 Å². The molecule has 294 valence electrons. The fraction of sp³-hybridized carbons (Fsp3) is 0. The largest absolute Gasteiger partial charge is 0.227 e. The van der Waals surface area contributed by atoms with Crippen molar-refractivity contribution in [1.29, 1.82) is 0 Å². The minimum Gasteiger partial charge on any atom is -0.227 e. The van der Waals surface area contributed by atoms with Crippen molar-refractivity contribution in [3.8, 4) is 67.3 Å². The topological polar surface area (TPSA) is 25.8 Å². The molecule has 2 nitrogen and oxygen atoms in total. The third kappa shape index (κ3) is 6.11. The second kappa shape index (κ2) is 14.7. The van der Waals surface area contributed by atoms with Crippen LogP contribution in [0.25, 0.3) is 128 Å². The maximum Gasteiger partial charge on any atom is 0.160 e. The minimum atomic E-state index is 0.695. The van der Waals surface area contributed by atoms with Gasteiger partial charge in [0.2, 0.25) is 0 Å². The van der Waals surface area contributed by atoms with Crippen molar-refractivity contribution >= 4 is 94.5 Å². The SMILES string of the molecule is c1ccc(-c2nc(-c3ccccc3)c(-c3ccc4c(c3)sc3ccccc34)c(-c3ccc(-c4ccc5sc6ccccc6c5c4)cc3-c3ccc4sc5ccccc5c4c3)n2)cc1. The average molecular weight is 855 g/mol. The minimum absolute atomic E-state index is 0.695. The molecule has 5 heteroatoms. The molecule has 0 bridgehead atoms. The van der Waals surface area contributed by atoms with E-state index in [4.69, 9.17) is 9.97 Å². The summed E-state index contributed by atoms with van der Waals surface area (Å²) in [6.07, 6.45) is 0. The van der Waals surface area contributed by atoms with Gasteiger partial charge in [0.25, 0.3) is 0 Å². The van der Waals surface area contributed by atoms with Crippen molar-refractivity contribution in [3.05, 3.63) is 206 Å². The van der Waals surface area contributed by atoms with Crippen LogP contribution in [0.4, 0.5) is 0 Å². The lowest BCUT2D eigenvalue weighted by molar-refractivity contribution is 1.19. The molecule has 0 atom stereocenters. The molecule has 0 fully saturated rings. The van der Waals surface area contributed by atoms with Crippen LogP contribution in [0.2, 0.25) is 0 Å². The van der Waals surface area contributed by atoms with Gasteiger partial charge in [-0.15, -0.1) is 34.0 Å². The van der Waals surface area contributed by atoms with Gasteiger partial charge in [0.05, 0.1) is 11.4 Å². The zero-order valence-corrected chi connectivity index (χ0v) is 36.2. The van der Waals surface area contributed by atoms with Gasteiger partial charge < -0.3 is 0 Å². The standard InChI is InChI=1S/C58H34N2S3/c1-3-13-35(14-4-1)56-55(40-24-27-44-41-17-7-10-20-49(41)63-54(44)34-40)57(60-58(59-56)36-15-5-2-6-16-36)45-28-23-37(38-25-29-52-47(32-38)42-18-8-11-21-50(42)61-52)31-46(45)39-26-30-53-48(33-39)43-19-9-12-22-51(43)62-53/h1-34H. The number of fused-ring (bicyclic) bond motifs is 9. The van der Waals surface area contributed by atoms with Crippen molar-refractivity contribution < 1.29 is 0 Å². The molecule has 0 N–H and O–H groups in total. The predicted molar refractivity (Wildman–Crippen MR) is 273 cm³/mol. The van der Waals surface area contributed by atoms with Gasteiger partial charge in [-0.1, -0.05) is 152 Å². The molecular formula is C58H34N2S3. The van der Waals surface area contributed by atoms with E-state index in [0.717, 1.165) is 55.9 Å². The Kier molecular flexibility index (Phi) is 8.48. The third-order valence-electron chi connectivity index (χ3n) is 12.3. The van der Waals surface area contributed by atoms with Crippen molar-refractivity contribution in [2.75, 3.05) is 0 Å². The smallest absolute Gasteiger partial charge is 0.160 e. The number of aromatic nitrogens is 2. The highest BCUT2D eigenvalue weighted by molar-refractivity contribution is 7.26. The molecule has 0 unspecified atom stereocenters. The molecule has 0 aliphatic carbocycles. The highest BCUT2D eigenvalue weighted by Gasteiger charge is 2.24. The van der Waals surface area contributed by atoms with E-state index >= 15 is 0 Å². The monoisotopic (exact) mass is 854 g/mol. The number of thiophene rings is 3. The van der Waals surface area contributed by atoms with Gasteiger partial charge in [-0.3, -0.25) is 0 Å². The third-order valence-corrected chi connectivity index (χ3v) is 15.8. The maximum absolute atomic E-state index is 5.65. The van der Waals surface area contributed by atoms with Gasteiger partial charge in [0.1, 0.15) is 0 Å². The molecule has 0 aliphatic heterocycles. The fourth-order valence-corrected chi connectivity index (χ4v) is 12.6. The van der Waals surface area contributed by atoms with E-state index in [1.165, 1.54) is 66.1 Å². The Balaban J connectivity index is 1.12. The van der Waals surface area contributed by atoms with Gasteiger partial charge in [-0.05, 0) is 82.4 Å². The lowest BCUT2D eigenvalue weighted by atomic mass is 9.88. The van der Waals surface area contributed by atoms with E-state index in [2.05, 4.69) is 206 Å². The highest BCUT2D eigenvalue weighted by Crippen LogP contribution is 2.47. The molecule has 0 radical (unpaired) electrons. The first-order valence-electron chi connectivity index (χ1n) is 21.1. The molecule has 0 spiro atoms. The molecule has 0 saturated carbocycles. The number of rotatable bonds is 6. The summed E-state index contributed by atoms with van der Waals surface area (Å²) in [6.45, 7) is 0. The summed E-state index contributed by atoms with van der Waals surface area (Å²) in [6, 6.07) is 75.1. The average Bonchev–Trinajstić information content (AvgIpc) is 4.04. The Bertz CT molecular complexity index is 3910. The van der Waals surface area contributed by atoms with E-state index < -0.39 is 0 Å². The molecule has 13 rings (SSSR count). The van der Waals surface area contributed by atoms with Gasteiger partial charge in [0.15, 0.2) is 5.82 Å². The first-order chi connectivity index (χ1) is 31.2. The zero-order chi connectivity index (χ0) is 41.4. The summed E-state index contributed by atoms with van der Waals surface area (Å²) in [5.41, 5.74) is 11.6. The molecule has 9 aromatic carbocycles. The first-order valence-corrected chi connectivity index (χ1v) is 23.6. The summed E-state index contributed by atoms with van der Waals surface area (Å²) in [7, 11) is 0. The van der Waals surface area contributed by atoms with Crippen LogP contribution in [0.5, 0.6) is 0 Å². The lowest BCUT2D eigenvalue weighted by Crippen LogP contribution is -2.02. The van der Waals surface area contributed by atoms with Crippen molar-refractivity contribution in [2.24, 2.45) is 0 Å². The van der Waals surface area contributed by atoms with Crippen LogP contribution in [0, 0.1) is 0 Å². The van der Waals surface area contributed by atoms with Gasteiger partial charge in [-0.25, -0.2) is 9.97 Å².